The lowest BCUT2D eigenvalue weighted by molar-refractivity contribution is 0.0979. The van der Waals surface area contributed by atoms with Gasteiger partial charge in [0.2, 0.25) is 0 Å². The summed E-state index contributed by atoms with van der Waals surface area (Å²) < 4.78 is 6.51. The van der Waals surface area contributed by atoms with Gasteiger partial charge in [-0.15, -0.1) is 11.3 Å². The molecule has 0 unspecified atom stereocenters. The molecule has 0 aliphatic heterocycles. The number of thiophene rings is 1. The molecule has 0 saturated heterocycles. The average Bonchev–Trinajstić information content (AvgIpc) is 3.18. The minimum absolute atomic E-state index is 0.00978. The van der Waals surface area contributed by atoms with Gasteiger partial charge in [-0.05, 0) is 43.2 Å². The number of fused-ring (bicyclic) bond motifs is 1. The summed E-state index contributed by atoms with van der Waals surface area (Å²) in [6.45, 7) is 4.98. The normalized spacial score (nSPS) is 15.6. The first-order valence-corrected chi connectivity index (χ1v) is 11.8. The highest BCUT2D eigenvalue weighted by Gasteiger charge is 2.28. The van der Waals surface area contributed by atoms with E-state index in [0.29, 0.717) is 17.3 Å². The fraction of sp³-hybridized carbons (Fsp3) is 0.591. The van der Waals surface area contributed by atoms with Crippen LogP contribution in [0.1, 0.15) is 59.6 Å². The van der Waals surface area contributed by atoms with Gasteiger partial charge in [0.25, 0.3) is 11.5 Å². The molecule has 3 rings (SSSR count). The zero-order chi connectivity index (χ0) is 22.5. The van der Waals surface area contributed by atoms with Crippen molar-refractivity contribution >= 4 is 28.7 Å². The molecular formula is C22H32N4O4S. The van der Waals surface area contributed by atoms with Gasteiger partial charge in [0, 0.05) is 25.1 Å². The van der Waals surface area contributed by atoms with Crippen molar-refractivity contribution in [3.8, 4) is 0 Å². The van der Waals surface area contributed by atoms with E-state index in [4.69, 9.17) is 10.5 Å². The van der Waals surface area contributed by atoms with E-state index in [9.17, 15) is 14.4 Å². The Bertz CT molecular complexity index is 1040. The number of hydrogen-bond acceptors (Lipinski definition) is 6. The molecule has 2 aromatic heterocycles. The largest absolute Gasteiger partial charge is 0.383 e. The Morgan fingerprint density at radius 3 is 2.84 bits per heavy atom. The van der Waals surface area contributed by atoms with Crippen molar-refractivity contribution in [1.29, 1.82) is 0 Å². The van der Waals surface area contributed by atoms with E-state index in [2.05, 4.69) is 11.9 Å². The molecule has 2 heterocycles. The molecule has 3 N–H and O–H groups in total. The number of ether oxygens (including phenoxy) is 1. The van der Waals surface area contributed by atoms with Crippen LogP contribution in [-0.2, 0) is 24.1 Å². The van der Waals surface area contributed by atoms with E-state index in [1.54, 1.807) is 0 Å². The Labute approximate surface area is 186 Å². The molecule has 0 spiro atoms. The number of methoxy groups -OCH3 is 1. The van der Waals surface area contributed by atoms with Gasteiger partial charge in [-0.3, -0.25) is 24.0 Å². The number of nitrogen functional groups attached to an aromatic ring is 1. The summed E-state index contributed by atoms with van der Waals surface area (Å²) in [5.41, 5.74) is 6.28. The van der Waals surface area contributed by atoms with Gasteiger partial charge in [-0.25, -0.2) is 4.79 Å². The van der Waals surface area contributed by atoms with Crippen molar-refractivity contribution < 1.29 is 9.53 Å². The van der Waals surface area contributed by atoms with Gasteiger partial charge in [0.05, 0.1) is 11.5 Å². The van der Waals surface area contributed by atoms with E-state index in [1.165, 1.54) is 38.4 Å². The second-order valence-corrected chi connectivity index (χ2v) is 9.16. The fourth-order valence-corrected chi connectivity index (χ4v) is 5.22. The van der Waals surface area contributed by atoms with Crippen LogP contribution in [0.25, 0.3) is 0 Å². The molecule has 170 valence electrons. The van der Waals surface area contributed by atoms with E-state index in [1.807, 2.05) is 13.0 Å². The smallest absolute Gasteiger partial charge is 0.330 e. The molecule has 0 aromatic carbocycles. The molecular weight excluding hydrogens is 416 g/mol. The molecule has 9 heteroatoms. The lowest BCUT2D eigenvalue weighted by Gasteiger charge is -2.23. The molecule has 31 heavy (non-hydrogen) atoms. The van der Waals surface area contributed by atoms with Gasteiger partial charge >= 0.3 is 5.69 Å². The van der Waals surface area contributed by atoms with Gasteiger partial charge < -0.3 is 10.5 Å². The van der Waals surface area contributed by atoms with Crippen molar-refractivity contribution in [1.82, 2.24) is 9.55 Å². The second-order valence-electron chi connectivity index (χ2n) is 8.02. The maximum Gasteiger partial charge on any atom is 0.330 e. The molecule has 1 atom stereocenters. The van der Waals surface area contributed by atoms with Crippen LogP contribution in [0.2, 0.25) is 0 Å². The Morgan fingerprint density at radius 2 is 2.16 bits per heavy atom. The number of H-pyrrole nitrogens is 1. The number of anilines is 2. The van der Waals surface area contributed by atoms with Crippen molar-refractivity contribution in [3.05, 3.63) is 42.2 Å². The molecule has 0 radical (unpaired) electrons. The molecule has 8 nitrogen and oxygen atoms in total. The van der Waals surface area contributed by atoms with Crippen molar-refractivity contribution in [2.45, 2.75) is 58.9 Å². The highest BCUT2D eigenvalue weighted by Crippen LogP contribution is 2.34. The summed E-state index contributed by atoms with van der Waals surface area (Å²) in [5, 5.41) is 0. The van der Waals surface area contributed by atoms with Crippen molar-refractivity contribution in [3.63, 3.8) is 0 Å². The van der Waals surface area contributed by atoms with Gasteiger partial charge in [-0.1, -0.05) is 26.7 Å². The second kappa shape index (κ2) is 10.3. The van der Waals surface area contributed by atoms with Gasteiger partial charge in [-0.2, -0.15) is 0 Å². The number of nitrogens with two attached hydrogens (primary N) is 1. The minimum Gasteiger partial charge on any atom is -0.383 e. The number of carbonyl (C=O) groups excluding carboxylic acids is 1. The Morgan fingerprint density at radius 1 is 1.39 bits per heavy atom. The number of amides is 1. The van der Waals surface area contributed by atoms with Gasteiger partial charge in [0.15, 0.2) is 5.69 Å². The minimum atomic E-state index is -0.660. The van der Waals surface area contributed by atoms with Crippen LogP contribution in [0.4, 0.5) is 11.5 Å². The number of nitrogens with one attached hydrogen (secondary N) is 1. The summed E-state index contributed by atoms with van der Waals surface area (Å²) in [6.07, 6.45) is 5.83. The first-order chi connectivity index (χ1) is 14.9. The number of carbonyl (C=O) groups is 1. The highest BCUT2D eigenvalue weighted by molar-refractivity contribution is 7.14. The molecule has 0 bridgehead atoms. The molecule has 1 amide bonds. The molecule has 0 fully saturated rings. The Hall–Kier alpha value is -2.39. The molecule has 1 aliphatic rings. The van der Waals surface area contributed by atoms with E-state index in [-0.39, 0.29) is 30.6 Å². The van der Waals surface area contributed by atoms with Crippen LogP contribution >= 0.6 is 11.3 Å². The standard InChI is InChI=1S/C22H32N4O4S/c1-4-6-9-26-19(23)18(20(27)24-22(26)29)25(10-11-30-3)21(28)17-13-15-12-14(5-2)7-8-16(15)31-17/h13-14H,4-12,23H2,1-3H3,(H,24,27,29)/t14-/m1/s1. The number of aromatic nitrogens is 2. The highest BCUT2D eigenvalue weighted by atomic mass is 32.1. The van der Waals surface area contributed by atoms with Crippen LogP contribution in [0, 0.1) is 5.92 Å². The average molecular weight is 449 g/mol. The van der Waals surface area contributed by atoms with Crippen LogP contribution in [0.15, 0.2) is 15.7 Å². The zero-order valence-corrected chi connectivity index (χ0v) is 19.3. The topological polar surface area (TPSA) is 110 Å². The number of rotatable bonds is 9. The number of aryl methyl sites for hydroxylation is 1. The van der Waals surface area contributed by atoms with Crippen LogP contribution in [0.3, 0.4) is 0 Å². The number of aromatic amines is 1. The van der Waals surface area contributed by atoms with Crippen LogP contribution in [0.5, 0.6) is 0 Å². The number of unbranched alkanes of at least 4 members (excludes halogenated alkanes) is 1. The SMILES string of the molecule is CCCCn1c(N)c(N(CCOC)C(=O)c2cc3c(s2)CC[C@@H](CC)C3)c(=O)[nH]c1=O. The first kappa shape index (κ1) is 23.3. The Balaban J connectivity index is 2.01. The lowest BCUT2D eigenvalue weighted by Crippen LogP contribution is -2.42. The summed E-state index contributed by atoms with van der Waals surface area (Å²) in [5.74, 6) is 0.372. The fourth-order valence-electron chi connectivity index (χ4n) is 4.06. The van der Waals surface area contributed by atoms with E-state index < -0.39 is 11.2 Å². The van der Waals surface area contributed by atoms with E-state index in [0.717, 1.165) is 38.5 Å². The van der Waals surface area contributed by atoms with Crippen LogP contribution < -0.4 is 21.9 Å². The van der Waals surface area contributed by atoms with Crippen molar-refractivity contribution in [2.75, 3.05) is 30.9 Å². The third kappa shape index (κ3) is 4.93. The maximum absolute atomic E-state index is 13.5. The number of nitrogens with zero attached hydrogens (tertiary/aromatic N) is 2. The monoisotopic (exact) mass is 448 g/mol. The lowest BCUT2D eigenvalue weighted by atomic mass is 9.87. The van der Waals surface area contributed by atoms with Gasteiger partial charge in [0.1, 0.15) is 5.82 Å². The maximum atomic E-state index is 13.5. The molecule has 2 aromatic rings. The Kier molecular flexibility index (Phi) is 7.72. The summed E-state index contributed by atoms with van der Waals surface area (Å²) in [7, 11) is 1.53. The predicted molar refractivity (Wildman–Crippen MR) is 124 cm³/mol. The summed E-state index contributed by atoms with van der Waals surface area (Å²) >= 11 is 1.49. The predicted octanol–water partition coefficient (Wildman–Crippen LogP) is 2.79. The summed E-state index contributed by atoms with van der Waals surface area (Å²) in [6, 6.07) is 1.96. The zero-order valence-electron chi connectivity index (χ0n) is 18.5. The number of hydrogen-bond donors (Lipinski definition) is 2. The third-order valence-corrected chi connectivity index (χ3v) is 7.18. The molecule has 0 saturated carbocycles. The molecule has 1 aliphatic carbocycles. The summed E-state index contributed by atoms with van der Waals surface area (Å²) in [4.78, 5) is 44.0. The van der Waals surface area contributed by atoms with Crippen molar-refractivity contribution in [2.24, 2.45) is 5.92 Å². The first-order valence-electron chi connectivity index (χ1n) is 11.0. The third-order valence-electron chi connectivity index (χ3n) is 5.96. The van der Waals surface area contributed by atoms with E-state index >= 15 is 0 Å². The van der Waals surface area contributed by atoms with Crippen LogP contribution in [-0.4, -0.2) is 35.7 Å². The quantitative estimate of drug-likeness (QED) is 0.613.